The highest BCUT2D eigenvalue weighted by molar-refractivity contribution is 5.93. The van der Waals surface area contributed by atoms with Gasteiger partial charge in [-0.2, -0.15) is 0 Å². The minimum absolute atomic E-state index is 0.187. The number of hydrogen-bond acceptors (Lipinski definition) is 12. The second-order valence-electron chi connectivity index (χ2n) is 9.07. The van der Waals surface area contributed by atoms with Gasteiger partial charge in [-0.25, -0.2) is 24.0 Å². The molecular weight excluding hydrogens is 612 g/mol. The third-order valence-electron chi connectivity index (χ3n) is 5.91. The molecule has 47 heavy (non-hydrogen) atoms. The molecule has 0 spiro atoms. The molecule has 0 fully saturated rings. The molecule has 4 rings (SSSR count). The fourth-order valence-electron chi connectivity index (χ4n) is 3.54. The second-order valence-corrected chi connectivity index (χ2v) is 9.07. The first-order chi connectivity index (χ1) is 22.7. The van der Waals surface area contributed by atoms with E-state index in [1.807, 2.05) is 0 Å². The summed E-state index contributed by atoms with van der Waals surface area (Å²) < 4.78 is 36.0. The molecule has 0 aromatic heterocycles. The van der Waals surface area contributed by atoms with Crippen molar-refractivity contribution in [3.8, 4) is 28.7 Å². The summed E-state index contributed by atoms with van der Waals surface area (Å²) in [5.41, 5.74) is 0.645. The monoisotopic (exact) mass is 638 g/mol. The van der Waals surface area contributed by atoms with E-state index >= 15 is 0 Å². The van der Waals surface area contributed by atoms with Gasteiger partial charge in [-0.1, -0.05) is 13.2 Å². The van der Waals surface area contributed by atoms with Crippen molar-refractivity contribution in [3.05, 3.63) is 139 Å². The van der Waals surface area contributed by atoms with E-state index in [9.17, 15) is 24.0 Å². The van der Waals surface area contributed by atoms with Crippen molar-refractivity contribution in [2.45, 2.75) is 0 Å². The van der Waals surface area contributed by atoms with Crippen LogP contribution in [0.1, 0.15) is 31.1 Å². The molecule has 0 amide bonds. The van der Waals surface area contributed by atoms with Gasteiger partial charge in [0, 0.05) is 12.2 Å². The zero-order chi connectivity index (χ0) is 33.6. The first-order valence-electron chi connectivity index (χ1n) is 13.6. The van der Waals surface area contributed by atoms with Crippen LogP contribution >= 0.6 is 0 Å². The number of esters is 5. The van der Waals surface area contributed by atoms with Crippen LogP contribution in [0.4, 0.5) is 0 Å². The molecule has 0 unspecified atom stereocenters. The van der Waals surface area contributed by atoms with E-state index in [4.69, 9.17) is 33.2 Å². The Labute approximate surface area is 268 Å². The molecule has 0 saturated carbocycles. The van der Waals surface area contributed by atoms with Gasteiger partial charge in [0.1, 0.15) is 28.7 Å². The van der Waals surface area contributed by atoms with Gasteiger partial charge in [-0.3, -0.25) is 0 Å². The lowest BCUT2D eigenvalue weighted by molar-refractivity contribution is -0.145. The highest BCUT2D eigenvalue weighted by Gasteiger charge is 2.14. The minimum atomic E-state index is -0.672. The highest BCUT2D eigenvalue weighted by atomic mass is 16.7. The number of benzene rings is 4. The van der Waals surface area contributed by atoms with E-state index in [0.717, 1.165) is 12.2 Å². The standard InChI is InChI=1S/C35H26O12/c1-3-31(36)43-21-41-26-11-5-23(6-12-26)33(38)45-28-13-7-24(8-14-28)34(39)46-29-15-9-25(10-16-29)35(40)47-30-19-17-27(18-20-30)42-22-44-32(37)4-2/h3-20H,1-2,21-22H2. The van der Waals surface area contributed by atoms with Gasteiger partial charge in [0.05, 0.1) is 16.7 Å². The largest absolute Gasteiger partial charge is 0.457 e. The zero-order valence-electron chi connectivity index (χ0n) is 24.6. The average molecular weight is 639 g/mol. The summed E-state index contributed by atoms with van der Waals surface area (Å²) in [7, 11) is 0. The molecule has 0 aliphatic heterocycles. The molecule has 12 heteroatoms. The Balaban J connectivity index is 1.23. The van der Waals surface area contributed by atoms with Crippen LogP contribution in [0.3, 0.4) is 0 Å². The summed E-state index contributed by atoms with van der Waals surface area (Å²) in [5, 5.41) is 0. The molecule has 4 aromatic rings. The lowest BCUT2D eigenvalue weighted by Gasteiger charge is -2.09. The van der Waals surface area contributed by atoms with E-state index in [-0.39, 0.29) is 47.5 Å². The fraction of sp³-hybridized carbons (Fsp3) is 0.0571. The summed E-state index contributed by atoms with van der Waals surface area (Å²) in [6.07, 6.45) is 2.03. The number of hydrogen-bond donors (Lipinski definition) is 0. The lowest BCUT2D eigenvalue weighted by atomic mass is 10.2. The van der Waals surface area contributed by atoms with E-state index in [0.29, 0.717) is 11.5 Å². The number of ether oxygens (including phenoxy) is 7. The first kappa shape index (κ1) is 33.2. The Bertz CT molecular complexity index is 1740. The van der Waals surface area contributed by atoms with E-state index < -0.39 is 29.8 Å². The Morgan fingerprint density at radius 2 is 0.681 bits per heavy atom. The van der Waals surface area contributed by atoms with Gasteiger partial charge >= 0.3 is 29.8 Å². The van der Waals surface area contributed by atoms with Crippen molar-refractivity contribution < 1.29 is 57.1 Å². The molecule has 12 nitrogen and oxygen atoms in total. The van der Waals surface area contributed by atoms with E-state index in [1.165, 1.54) is 97.1 Å². The van der Waals surface area contributed by atoms with Crippen LogP contribution in [0, 0.1) is 0 Å². The Morgan fingerprint density at radius 1 is 0.426 bits per heavy atom. The molecule has 0 N–H and O–H groups in total. The normalized spacial score (nSPS) is 10.0. The Hall–Kier alpha value is -6.69. The molecule has 238 valence electrons. The van der Waals surface area contributed by atoms with E-state index in [2.05, 4.69) is 13.2 Å². The Kier molecular flexibility index (Phi) is 11.6. The highest BCUT2D eigenvalue weighted by Crippen LogP contribution is 2.21. The third-order valence-corrected chi connectivity index (χ3v) is 5.91. The summed E-state index contributed by atoms with van der Waals surface area (Å²) in [6.45, 7) is 5.96. The van der Waals surface area contributed by atoms with Crippen LogP contribution in [0.25, 0.3) is 0 Å². The zero-order valence-corrected chi connectivity index (χ0v) is 24.6. The number of carbonyl (C=O) groups excluding carboxylic acids is 5. The topological polar surface area (TPSA) is 150 Å². The molecule has 0 heterocycles. The van der Waals surface area contributed by atoms with Crippen LogP contribution in [-0.4, -0.2) is 43.4 Å². The van der Waals surface area contributed by atoms with Gasteiger partial charge in [-0.15, -0.1) is 0 Å². The van der Waals surface area contributed by atoms with Crippen molar-refractivity contribution in [1.29, 1.82) is 0 Å². The second kappa shape index (κ2) is 16.4. The summed E-state index contributed by atoms with van der Waals surface area (Å²) >= 11 is 0. The van der Waals surface area contributed by atoms with Crippen LogP contribution in [0.5, 0.6) is 28.7 Å². The smallest absolute Gasteiger partial charge is 0.343 e. The van der Waals surface area contributed by atoms with Crippen molar-refractivity contribution in [1.82, 2.24) is 0 Å². The predicted molar refractivity (Wildman–Crippen MR) is 164 cm³/mol. The van der Waals surface area contributed by atoms with Crippen LogP contribution in [-0.2, 0) is 19.1 Å². The quantitative estimate of drug-likeness (QED) is 0.0745. The van der Waals surface area contributed by atoms with Gasteiger partial charge < -0.3 is 33.2 Å². The van der Waals surface area contributed by atoms with Crippen LogP contribution < -0.4 is 23.7 Å². The molecule has 0 aliphatic rings. The van der Waals surface area contributed by atoms with Gasteiger partial charge in [-0.05, 0) is 97.1 Å². The van der Waals surface area contributed by atoms with Gasteiger partial charge in [0.15, 0.2) is 0 Å². The SMILES string of the molecule is C=CC(=O)OCOc1ccc(OC(=O)c2ccc(OC(=O)c3ccc(OC(=O)c4ccc(OCOC(=O)C=C)cc4)cc3)cc2)cc1. The van der Waals surface area contributed by atoms with Crippen molar-refractivity contribution in [2.75, 3.05) is 13.6 Å². The first-order valence-corrected chi connectivity index (χ1v) is 13.6. The average Bonchev–Trinajstić information content (AvgIpc) is 3.09. The van der Waals surface area contributed by atoms with Crippen molar-refractivity contribution in [3.63, 3.8) is 0 Å². The molecular formula is C35H26O12. The maximum Gasteiger partial charge on any atom is 0.343 e. The number of rotatable bonds is 14. The molecule has 0 bridgehead atoms. The molecule has 4 aromatic carbocycles. The lowest BCUT2D eigenvalue weighted by Crippen LogP contribution is -2.11. The van der Waals surface area contributed by atoms with Crippen LogP contribution in [0.2, 0.25) is 0 Å². The maximum atomic E-state index is 12.6. The summed E-state index contributed by atoms with van der Waals surface area (Å²) in [5.74, 6) is -1.80. The third kappa shape index (κ3) is 10.2. The van der Waals surface area contributed by atoms with Crippen LogP contribution in [0.15, 0.2) is 122 Å². The minimum Gasteiger partial charge on any atom is -0.457 e. The fourth-order valence-corrected chi connectivity index (χ4v) is 3.54. The molecule has 0 aliphatic carbocycles. The Morgan fingerprint density at radius 3 is 0.979 bits per heavy atom. The van der Waals surface area contributed by atoms with Crippen molar-refractivity contribution in [2.24, 2.45) is 0 Å². The van der Waals surface area contributed by atoms with Gasteiger partial charge in [0.2, 0.25) is 13.6 Å². The molecule has 0 saturated heterocycles. The molecule has 0 radical (unpaired) electrons. The molecule has 0 atom stereocenters. The van der Waals surface area contributed by atoms with E-state index in [1.54, 1.807) is 0 Å². The number of carbonyl (C=O) groups is 5. The summed E-state index contributed by atoms with van der Waals surface area (Å²) in [4.78, 5) is 59.7. The van der Waals surface area contributed by atoms with Crippen molar-refractivity contribution >= 4 is 29.8 Å². The summed E-state index contributed by atoms with van der Waals surface area (Å²) in [6, 6.07) is 23.6. The maximum absolute atomic E-state index is 12.6. The van der Waals surface area contributed by atoms with Gasteiger partial charge in [0.25, 0.3) is 0 Å². The predicted octanol–water partition coefficient (Wildman–Crippen LogP) is 5.48.